The molecule has 2 rings (SSSR count). The summed E-state index contributed by atoms with van der Waals surface area (Å²) in [6.45, 7) is 3.24. The Morgan fingerprint density at radius 3 is 3.18 bits per heavy atom. The summed E-state index contributed by atoms with van der Waals surface area (Å²) in [5.74, 6) is 2.82. The Labute approximate surface area is 105 Å². The van der Waals surface area contributed by atoms with Crippen molar-refractivity contribution < 1.29 is 9.32 Å². The standard InChI is InChI=1S/C11H17N3O2S/c1-8-5-9(13-16-8)6-14(2)11(15)10-7-17-4-3-12-10/h5,10,12H,3-4,6-7H2,1-2H3. The van der Waals surface area contributed by atoms with Crippen LogP contribution in [0.15, 0.2) is 10.6 Å². The number of thioether (sulfide) groups is 1. The van der Waals surface area contributed by atoms with E-state index in [0.29, 0.717) is 6.54 Å². The van der Waals surface area contributed by atoms with Gasteiger partial charge in [-0.15, -0.1) is 0 Å². The normalized spacial score (nSPS) is 20.2. The lowest BCUT2D eigenvalue weighted by atomic mass is 10.2. The van der Waals surface area contributed by atoms with Gasteiger partial charge in [0, 0.05) is 31.2 Å². The van der Waals surface area contributed by atoms with Crippen molar-refractivity contribution in [1.82, 2.24) is 15.4 Å². The molecule has 1 atom stereocenters. The lowest BCUT2D eigenvalue weighted by Crippen LogP contribution is -2.49. The first-order valence-corrected chi connectivity index (χ1v) is 6.80. The SMILES string of the molecule is Cc1cc(CN(C)C(=O)C2CSCCN2)no1. The van der Waals surface area contributed by atoms with Crippen LogP contribution >= 0.6 is 11.8 Å². The van der Waals surface area contributed by atoms with Gasteiger partial charge in [-0.3, -0.25) is 4.79 Å². The predicted octanol–water partition coefficient (Wildman–Crippen LogP) is 0.646. The molecule has 1 amide bonds. The van der Waals surface area contributed by atoms with Crippen LogP contribution in [0.1, 0.15) is 11.5 Å². The van der Waals surface area contributed by atoms with Crippen molar-refractivity contribution in [2.75, 3.05) is 25.1 Å². The molecule has 17 heavy (non-hydrogen) atoms. The molecule has 1 aromatic rings. The molecule has 94 valence electrons. The largest absolute Gasteiger partial charge is 0.361 e. The zero-order valence-electron chi connectivity index (χ0n) is 10.1. The van der Waals surface area contributed by atoms with Crippen LogP contribution in [0.4, 0.5) is 0 Å². The number of carbonyl (C=O) groups excluding carboxylic acids is 1. The summed E-state index contributed by atoms with van der Waals surface area (Å²) in [5.41, 5.74) is 0.793. The zero-order chi connectivity index (χ0) is 12.3. The second-order valence-electron chi connectivity index (χ2n) is 4.20. The highest BCUT2D eigenvalue weighted by Crippen LogP contribution is 2.11. The molecule has 1 fully saturated rings. The Balaban J connectivity index is 1.90. The third-order valence-electron chi connectivity index (χ3n) is 2.67. The van der Waals surface area contributed by atoms with Crippen molar-refractivity contribution in [3.63, 3.8) is 0 Å². The van der Waals surface area contributed by atoms with Crippen molar-refractivity contribution in [2.24, 2.45) is 0 Å². The number of rotatable bonds is 3. The molecule has 0 aliphatic carbocycles. The van der Waals surface area contributed by atoms with Crippen LogP contribution in [0, 0.1) is 6.92 Å². The molecular weight excluding hydrogens is 238 g/mol. The average molecular weight is 255 g/mol. The first-order chi connectivity index (χ1) is 8.16. The van der Waals surface area contributed by atoms with E-state index in [1.807, 2.05) is 24.8 Å². The lowest BCUT2D eigenvalue weighted by Gasteiger charge is -2.26. The summed E-state index contributed by atoms with van der Waals surface area (Å²) in [5, 5.41) is 7.12. The van der Waals surface area contributed by atoms with Crippen LogP contribution in [0.2, 0.25) is 0 Å². The lowest BCUT2D eigenvalue weighted by molar-refractivity contribution is -0.132. The van der Waals surface area contributed by atoms with Crippen molar-refractivity contribution >= 4 is 17.7 Å². The van der Waals surface area contributed by atoms with Crippen LogP contribution in [0.5, 0.6) is 0 Å². The Kier molecular flexibility index (Phi) is 4.06. The molecular formula is C11H17N3O2S. The summed E-state index contributed by atoms with van der Waals surface area (Å²) < 4.78 is 4.98. The second kappa shape index (κ2) is 5.55. The van der Waals surface area contributed by atoms with E-state index >= 15 is 0 Å². The van der Waals surface area contributed by atoms with Gasteiger partial charge >= 0.3 is 0 Å². The van der Waals surface area contributed by atoms with Gasteiger partial charge in [-0.05, 0) is 6.92 Å². The molecule has 1 saturated heterocycles. The molecule has 0 radical (unpaired) electrons. The first kappa shape index (κ1) is 12.4. The fraction of sp³-hybridized carbons (Fsp3) is 0.636. The summed E-state index contributed by atoms with van der Waals surface area (Å²) in [6, 6.07) is 1.79. The number of aromatic nitrogens is 1. The van der Waals surface area contributed by atoms with Crippen molar-refractivity contribution in [3.8, 4) is 0 Å². The maximum atomic E-state index is 12.1. The molecule has 5 nitrogen and oxygen atoms in total. The highest BCUT2D eigenvalue weighted by Gasteiger charge is 2.24. The highest BCUT2D eigenvalue weighted by atomic mass is 32.2. The van der Waals surface area contributed by atoms with E-state index in [2.05, 4.69) is 10.5 Å². The maximum absolute atomic E-state index is 12.1. The molecule has 1 N–H and O–H groups in total. The molecule has 1 unspecified atom stereocenters. The molecule has 1 aliphatic rings. The van der Waals surface area contributed by atoms with Gasteiger partial charge in [-0.25, -0.2) is 0 Å². The van der Waals surface area contributed by atoms with Crippen LogP contribution in [0.25, 0.3) is 0 Å². The Hall–Kier alpha value is -1.01. The van der Waals surface area contributed by atoms with E-state index in [4.69, 9.17) is 4.52 Å². The van der Waals surface area contributed by atoms with E-state index in [0.717, 1.165) is 29.5 Å². The number of likely N-dealkylation sites (N-methyl/N-ethyl adjacent to an activating group) is 1. The fourth-order valence-electron chi connectivity index (χ4n) is 1.80. The Bertz CT molecular complexity index is 388. The molecule has 0 saturated carbocycles. The third kappa shape index (κ3) is 3.23. The topological polar surface area (TPSA) is 58.4 Å². The van der Waals surface area contributed by atoms with E-state index in [-0.39, 0.29) is 11.9 Å². The third-order valence-corrected chi connectivity index (χ3v) is 3.73. The van der Waals surface area contributed by atoms with Gasteiger partial charge in [0.2, 0.25) is 5.91 Å². The van der Waals surface area contributed by atoms with Crippen molar-refractivity contribution in [1.29, 1.82) is 0 Å². The molecule has 1 aliphatic heterocycles. The minimum absolute atomic E-state index is 0.0632. The van der Waals surface area contributed by atoms with E-state index in [9.17, 15) is 4.79 Å². The number of hydrogen-bond donors (Lipinski definition) is 1. The zero-order valence-corrected chi connectivity index (χ0v) is 10.9. The molecule has 0 spiro atoms. The minimum atomic E-state index is -0.0632. The average Bonchev–Trinajstić information content (AvgIpc) is 2.75. The summed E-state index contributed by atoms with van der Waals surface area (Å²) >= 11 is 1.82. The molecule has 1 aromatic heterocycles. The Morgan fingerprint density at radius 1 is 1.76 bits per heavy atom. The predicted molar refractivity (Wildman–Crippen MR) is 66.8 cm³/mol. The van der Waals surface area contributed by atoms with Gasteiger partial charge in [0.25, 0.3) is 0 Å². The van der Waals surface area contributed by atoms with Gasteiger partial charge in [0.15, 0.2) is 0 Å². The van der Waals surface area contributed by atoms with Gasteiger partial charge in [-0.2, -0.15) is 11.8 Å². The van der Waals surface area contributed by atoms with Crippen molar-refractivity contribution in [2.45, 2.75) is 19.5 Å². The quantitative estimate of drug-likeness (QED) is 0.859. The number of amides is 1. The number of nitrogens with one attached hydrogen (secondary N) is 1. The Morgan fingerprint density at radius 2 is 2.59 bits per heavy atom. The molecule has 0 aromatic carbocycles. The highest BCUT2D eigenvalue weighted by molar-refractivity contribution is 7.99. The summed E-state index contributed by atoms with van der Waals surface area (Å²) in [4.78, 5) is 13.8. The van der Waals surface area contributed by atoms with Crippen LogP contribution in [-0.4, -0.2) is 47.1 Å². The molecule has 0 bridgehead atoms. The number of carbonyl (C=O) groups is 1. The molecule has 6 heteroatoms. The van der Waals surface area contributed by atoms with E-state index < -0.39 is 0 Å². The van der Waals surface area contributed by atoms with Crippen LogP contribution in [-0.2, 0) is 11.3 Å². The van der Waals surface area contributed by atoms with Gasteiger partial charge in [0.1, 0.15) is 11.5 Å². The number of nitrogens with zero attached hydrogens (tertiary/aromatic N) is 2. The van der Waals surface area contributed by atoms with Gasteiger partial charge < -0.3 is 14.7 Å². The number of aryl methyl sites for hydroxylation is 1. The van der Waals surface area contributed by atoms with Gasteiger partial charge in [-0.1, -0.05) is 5.16 Å². The van der Waals surface area contributed by atoms with Crippen molar-refractivity contribution in [3.05, 3.63) is 17.5 Å². The van der Waals surface area contributed by atoms with E-state index in [1.54, 1.807) is 11.9 Å². The smallest absolute Gasteiger partial charge is 0.240 e. The van der Waals surface area contributed by atoms with Gasteiger partial charge in [0.05, 0.1) is 12.6 Å². The first-order valence-electron chi connectivity index (χ1n) is 5.65. The maximum Gasteiger partial charge on any atom is 0.240 e. The monoisotopic (exact) mass is 255 g/mol. The minimum Gasteiger partial charge on any atom is -0.361 e. The summed E-state index contributed by atoms with van der Waals surface area (Å²) in [6.07, 6.45) is 0. The fourth-order valence-corrected chi connectivity index (χ4v) is 2.73. The second-order valence-corrected chi connectivity index (χ2v) is 5.35. The van der Waals surface area contributed by atoms with E-state index in [1.165, 1.54) is 0 Å². The summed E-state index contributed by atoms with van der Waals surface area (Å²) in [7, 11) is 1.80. The molecule has 2 heterocycles. The van der Waals surface area contributed by atoms with Crippen LogP contribution in [0.3, 0.4) is 0 Å². The van der Waals surface area contributed by atoms with Crippen LogP contribution < -0.4 is 5.32 Å². The number of hydrogen-bond acceptors (Lipinski definition) is 5.